The molecule has 0 aromatic heterocycles. The van der Waals surface area contributed by atoms with Gasteiger partial charge < -0.3 is 15.5 Å². The number of nitrogens with zero attached hydrogens (tertiary/aromatic N) is 1. The van der Waals surface area contributed by atoms with Crippen LogP contribution in [0.1, 0.15) is 48.4 Å². The minimum atomic E-state index is -0.253. The topological polar surface area (TPSA) is 61.4 Å². The number of hydrogen-bond acceptors (Lipinski definition) is 2. The number of benzene rings is 2. The first-order valence-electron chi connectivity index (χ1n) is 10.7. The van der Waals surface area contributed by atoms with Gasteiger partial charge in [0.1, 0.15) is 5.82 Å². The minimum Gasteiger partial charge on any atom is -0.353 e. The van der Waals surface area contributed by atoms with Gasteiger partial charge in [0.25, 0.3) is 0 Å². The molecule has 6 heteroatoms. The molecule has 2 aliphatic rings. The number of hydrogen-bond donors (Lipinski definition) is 2. The summed E-state index contributed by atoms with van der Waals surface area (Å²) >= 11 is 0. The summed E-state index contributed by atoms with van der Waals surface area (Å²) in [5.74, 6) is -0.436. The zero-order valence-electron chi connectivity index (χ0n) is 17.2. The number of halogens is 1. The molecule has 1 aliphatic carbocycles. The van der Waals surface area contributed by atoms with Crippen molar-refractivity contribution in [1.29, 1.82) is 0 Å². The molecule has 3 amide bonds. The average Bonchev–Trinajstić information content (AvgIpc) is 3.58. The molecule has 2 aromatic rings. The van der Waals surface area contributed by atoms with Crippen LogP contribution in [0, 0.1) is 18.7 Å². The third-order valence-electron chi connectivity index (χ3n) is 5.99. The first-order chi connectivity index (χ1) is 14.5. The van der Waals surface area contributed by atoms with Gasteiger partial charge in [0, 0.05) is 19.1 Å². The quantitative estimate of drug-likeness (QED) is 0.782. The Hall–Kier alpha value is -2.89. The largest absolute Gasteiger partial charge is 0.353 e. The van der Waals surface area contributed by atoms with E-state index in [1.807, 2.05) is 36.4 Å². The zero-order valence-corrected chi connectivity index (χ0v) is 17.2. The molecule has 2 fully saturated rings. The average molecular weight is 410 g/mol. The summed E-state index contributed by atoms with van der Waals surface area (Å²) in [6.07, 6.45) is 3.46. The van der Waals surface area contributed by atoms with Crippen molar-refractivity contribution in [3.63, 3.8) is 0 Å². The monoisotopic (exact) mass is 409 g/mol. The van der Waals surface area contributed by atoms with Gasteiger partial charge in [-0.1, -0.05) is 42.5 Å². The van der Waals surface area contributed by atoms with Crippen molar-refractivity contribution < 1.29 is 14.0 Å². The van der Waals surface area contributed by atoms with Gasteiger partial charge in [-0.25, -0.2) is 9.18 Å². The maximum Gasteiger partial charge on any atom is 0.318 e. The summed E-state index contributed by atoms with van der Waals surface area (Å²) in [7, 11) is 0. The Labute approximate surface area is 176 Å². The molecular weight excluding hydrogens is 381 g/mol. The van der Waals surface area contributed by atoms with Crippen molar-refractivity contribution >= 4 is 11.9 Å². The second-order valence-electron chi connectivity index (χ2n) is 8.38. The third-order valence-corrected chi connectivity index (χ3v) is 5.99. The van der Waals surface area contributed by atoms with Crippen LogP contribution in [0.5, 0.6) is 0 Å². The fourth-order valence-corrected chi connectivity index (χ4v) is 4.05. The van der Waals surface area contributed by atoms with Gasteiger partial charge >= 0.3 is 6.03 Å². The highest BCUT2D eigenvalue weighted by Crippen LogP contribution is 2.35. The minimum absolute atomic E-state index is 0.0343. The normalized spacial score (nSPS) is 21.2. The SMILES string of the molecule is Cc1cc([C@H]2CC[C@H](C(=O)NC3CC3)CN2C(=O)NCc2ccccc2)ccc1F. The van der Waals surface area contributed by atoms with Gasteiger partial charge in [0.15, 0.2) is 0 Å². The molecule has 1 saturated carbocycles. The lowest BCUT2D eigenvalue weighted by molar-refractivity contribution is -0.126. The van der Waals surface area contributed by atoms with Crippen molar-refractivity contribution in [2.45, 2.75) is 51.2 Å². The molecule has 2 N–H and O–H groups in total. The molecule has 4 rings (SSSR count). The smallest absolute Gasteiger partial charge is 0.318 e. The molecule has 5 nitrogen and oxygen atoms in total. The molecule has 0 bridgehead atoms. The predicted octanol–water partition coefficient (Wildman–Crippen LogP) is 4.08. The lowest BCUT2D eigenvalue weighted by Crippen LogP contribution is -2.50. The van der Waals surface area contributed by atoms with E-state index in [4.69, 9.17) is 0 Å². The summed E-state index contributed by atoms with van der Waals surface area (Å²) in [4.78, 5) is 27.5. The number of carbonyl (C=O) groups excluding carboxylic acids is 2. The number of piperidine rings is 1. The lowest BCUT2D eigenvalue weighted by atomic mass is 9.88. The Balaban J connectivity index is 1.51. The van der Waals surface area contributed by atoms with E-state index in [-0.39, 0.29) is 29.7 Å². The Bertz CT molecular complexity index is 914. The van der Waals surface area contributed by atoms with E-state index < -0.39 is 0 Å². The molecule has 2 aromatic carbocycles. The summed E-state index contributed by atoms with van der Waals surface area (Å²) in [5, 5.41) is 6.05. The van der Waals surface area contributed by atoms with Crippen molar-refractivity contribution in [2.24, 2.45) is 5.92 Å². The standard InChI is InChI=1S/C24H28FN3O2/c1-16-13-18(7-11-21(16)25)22-12-8-19(23(29)27-20-9-10-20)15-28(22)24(30)26-14-17-5-3-2-4-6-17/h2-7,11,13,19-20,22H,8-10,12,14-15H2,1H3,(H,26,30)(H,27,29)/t19-,22+/m0/s1. The van der Waals surface area contributed by atoms with Gasteiger partial charge in [-0.15, -0.1) is 0 Å². The molecule has 30 heavy (non-hydrogen) atoms. The van der Waals surface area contributed by atoms with E-state index in [0.717, 1.165) is 24.0 Å². The van der Waals surface area contributed by atoms with Crippen LogP contribution in [0.15, 0.2) is 48.5 Å². The van der Waals surface area contributed by atoms with Gasteiger partial charge in [-0.3, -0.25) is 4.79 Å². The molecule has 2 atom stereocenters. The summed E-state index contributed by atoms with van der Waals surface area (Å²) < 4.78 is 13.8. The number of amides is 3. The predicted molar refractivity (Wildman–Crippen MR) is 113 cm³/mol. The lowest BCUT2D eigenvalue weighted by Gasteiger charge is -2.39. The fraction of sp³-hybridized carbons (Fsp3) is 0.417. The summed E-state index contributed by atoms with van der Waals surface area (Å²) in [6, 6.07) is 14.7. The second kappa shape index (κ2) is 8.86. The van der Waals surface area contributed by atoms with E-state index >= 15 is 0 Å². The maximum atomic E-state index is 13.8. The number of rotatable bonds is 5. The Morgan fingerprint density at radius 2 is 1.83 bits per heavy atom. The Morgan fingerprint density at radius 1 is 1.07 bits per heavy atom. The Kier molecular flexibility index (Phi) is 6.02. The summed E-state index contributed by atoms with van der Waals surface area (Å²) in [6.45, 7) is 2.51. The molecule has 158 valence electrons. The number of aryl methyl sites for hydroxylation is 1. The molecular formula is C24H28FN3O2. The Morgan fingerprint density at radius 3 is 2.53 bits per heavy atom. The van der Waals surface area contributed by atoms with E-state index in [1.165, 1.54) is 6.07 Å². The van der Waals surface area contributed by atoms with Crippen LogP contribution in [-0.4, -0.2) is 29.4 Å². The first kappa shape index (κ1) is 20.4. The maximum absolute atomic E-state index is 13.8. The zero-order chi connectivity index (χ0) is 21.1. The molecule has 0 spiro atoms. The van der Waals surface area contributed by atoms with Gasteiger partial charge in [0.05, 0.1) is 12.0 Å². The first-order valence-corrected chi connectivity index (χ1v) is 10.7. The van der Waals surface area contributed by atoms with Gasteiger partial charge in [-0.05, 0) is 55.4 Å². The molecule has 0 unspecified atom stereocenters. The number of urea groups is 1. The van der Waals surface area contributed by atoms with E-state index in [2.05, 4.69) is 10.6 Å². The van der Waals surface area contributed by atoms with Crippen LogP contribution >= 0.6 is 0 Å². The van der Waals surface area contributed by atoms with Crippen LogP contribution in [-0.2, 0) is 11.3 Å². The summed E-state index contributed by atoms with van der Waals surface area (Å²) in [5.41, 5.74) is 2.48. The van der Waals surface area contributed by atoms with Crippen LogP contribution in [0.4, 0.5) is 9.18 Å². The second-order valence-corrected chi connectivity index (χ2v) is 8.38. The van der Waals surface area contributed by atoms with Crippen molar-refractivity contribution in [2.75, 3.05) is 6.54 Å². The highest BCUT2D eigenvalue weighted by Gasteiger charge is 2.37. The number of carbonyl (C=O) groups is 2. The fourth-order valence-electron chi connectivity index (χ4n) is 4.05. The van der Waals surface area contributed by atoms with Crippen molar-refractivity contribution in [3.8, 4) is 0 Å². The van der Waals surface area contributed by atoms with E-state index in [9.17, 15) is 14.0 Å². The van der Waals surface area contributed by atoms with E-state index in [1.54, 1.807) is 17.9 Å². The highest BCUT2D eigenvalue weighted by atomic mass is 19.1. The molecule has 1 heterocycles. The van der Waals surface area contributed by atoms with Gasteiger partial charge in [-0.2, -0.15) is 0 Å². The molecule has 1 saturated heterocycles. The molecule has 1 aliphatic heterocycles. The van der Waals surface area contributed by atoms with Crippen LogP contribution in [0.2, 0.25) is 0 Å². The third kappa shape index (κ3) is 4.81. The van der Waals surface area contributed by atoms with Crippen LogP contribution in [0.25, 0.3) is 0 Å². The number of likely N-dealkylation sites (tertiary alicyclic amines) is 1. The van der Waals surface area contributed by atoms with Crippen LogP contribution < -0.4 is 10.6 Å². The highest BCUT2D eigenvalue weighted by molar-refractivity contribution is 5.81. The van der Waals surface area contributed by atoms with Crippen molar-refractivity contribution in [3.05, 3.63) is 71.0 Å². The number of nitrogens with one attached hydrogen (secondary N) is 2. The van der Waals surface area contributed by atoms with Crippen LogP contribution in [0.3, 0.4) is 0 Å². The molecule has 0 radical (unpaired) electrons. The van der Waals surface area contributed by atoms with E-state index in [0.29, 0.717) is 37.5 Å². The van der Waals surface area contributed by atoms with Crippen molar-refractivity contribution in [1.82, 2.24) is 15.5 Å². The van der Waals surface area contributed by atoms with Gasteiger partial charge in [0.2, 0.25) is 5.91 Å².